The summed E-state index contributed by atoms with van der Waals surface area (Å²) in [5.74, 6) is -3.42. The first-order chi connectivity index (χ1) is 13.4. The Morgan fingerprint density at radius 3 is 1.75 bits per heavy atom. The Morgan fingerprint density at radius 2 is 1.36 bits per heavy atom. The fourth-order valence-corrected chi connectivity index (χ4v) is 2.52. The highest BCUT2D eigenvalue weighted by atomic mass is 16.5. The van der Waals surface area contributed by atoms with Crippen molar-refractivity contribution in [3.8, 4) is 0 Å². The molecule has 0 fully saturated rings. The minimum atomic E-state index is -1.59. The number of unbranched alkanes of at least 4 members (excludes halogenated alkanes) is 4. The Labute approximate surface area is 166 Å². The molecule has 0 spiro atoms. The average Bonchev–Trinajstić information content (AvgIpc) is 2.66. The van der Waals surface area contributed by atoms with Crippen molar-refractivity contribution < 1.29 is 29.0 Å². The van der Waals surface area contributed by atoms with E-state index in [0.717, 1.165) is 17.7 Å². The van der Waals surface area contributed by atoms with Gasteiger partial charge in [0, 0.05) is 12.8 Å². The molecule has 28 heavy (non-hydrogen) atoms. The lowest BCUT2D eigenvalue weighted by molar-refractivity contribution is -0.161. The van der Waals surface area contributed by atoms with Crippen LogP contribution in [0, 0.1) is 0 Å². The predicted molar refractivity (Wildman–Crippen MR) is 106 cm³/mol. The van der Waals surface area contributed by atoms with Crippen molar-refractivity contribution in [1.82, 2.24) is 4.90 Å². The van der Waals surface area contributed by atoms with Crippen LogP contribution in [0.3, 0.4) is 0 Å². The second-order valence-electron chi connectivity index (χ2n) is 6.26. The van der Waals surface area contributed by atoms with E-state index in [1.54, 1.807) is 12.2 Å². The summed E-state index contributed by atoms with van der Waals surface area (Å²) in [5, 5.41) is 9.53. The van der Waals surface area contributed by atoms with Crippen LogP contribution in [0.5, 0.6) is 0 Å². The molecular weight excluding hydrogens is 362 g/mol. The number of amides is 2. The van der Waals surface area contributed by atoms with E-state index < -0.39 is 36.2 Å². The second-order valence-corrected chi connectivity index (χ2v) is 6.26. The number of carbonyl (C=O) groups is 4. The van der Waals surface area contributed by atoms with Crippen LogP contribution in [0.2, 0.25) is 0 Å². The number of hydrogen-bond acceptors (Lipinski definition) is 5. The normalized spacial score (nSPS) is 11.1. The maximum absolute atomic E-state index is 12.6. The highest BCUT2D eigenvalue weighted by Crippen LogP contribution is 2.15. The summed E-state index contributed by atoms with van der Waals surface area (Å²) in [7, 11) is 0. The molecule has 0 aliphatic carbocycles. The Balaban J connectivity index is 5.27. The molecule has 1 N–H and O–H groups in total. The van der Waals surface area contributed by atoms with Gasteiger partial charge < -0.3 is 9.84 Å². The standard InChI is InChI=1S/C21H31NO6/c1-4-7-9-11-13-18(23)22(19(24)14-12-10-8-5-2)17(21(26)27)16-20(25)28-15-6-3/h4-6,17H,1-3,7-16H2,(H,26,27). The first-order valence-corrected chi connectivity index (χ1v) is 9.45. The lowest BCUT2D eigenvalue weighted by atomic mass is 10.1. The largest absolute Gasteiger partial charge is 0.480 e. The Morgan fingerprint density at radius 1 is 0.857 bits per heavy atom. The number of imide groups is 1. The molecule has 7 heteroatoms. The summed E-state index contributed by atoms with van der Waals surface area (Å²) in [6.45, 7) is 10.5. The number of aliphatic carboxylic acids is 1. The topological polar surface area (TPSA) is 101 Å². The lowest BCUT2D eigenvalue weighted by Crippen LogP contribution is -2.49. The van der Waals surface area contributed by atoms with Gasteiger partial charge in [0.25, 0.3) is 0 Å². The Bertz CT molecular complexity index is 541. The zero-order valence-corrected chi connectivity index (χ0v) is 16.4. The molecule has 1 atom stereocenters. The minimum Gasteiger partial charge on any atom is -0.480 e. The maximum Gasteiger partial charge on any atom is 0.327 e. The van der Waals surface area contributed by atoms with E-state index in [-0.39, 0.29) is 19.4 Å². The van der Waals surface area contributed by atoms with Crippen LogP contribution < -0.4 is 0 Å². The van der Waals surface area contributed by atoms with Crippen LogP contribution in [-0.2, 0) is 23.9 Å². The Hall–Kier alpha value is -2.70. The van der Waals surface area contributed by atoms with Gasteiger partial charge in [0.2, 0.25) is 11.8 Å². The van der Waals surface area contributed by atoms with Crippen LogP contribution in [0.1, 0.15) is 57.8 Å². The molecule has 0 aliphatic heterocycles. The number of carboxylic acid groups (broad SMARTS) is 1. The zero-order chi connectivity index (χ0) is 21.4. The fourth-order valence-electron chi connectivity index (χ4n) is 2.52. The van der Waals surface area contributed by atoms with Gasteiger partial charge in [-0.1, -0.05) is 24.8 Å². The smallest absolute Gasteiger partial charge is 0.327 e. The summed E-state index contributed by atoms with van der Waals surface area (Å²) < 4.78 is 4.82. The molecule has 0 aliphatic rings. The number of rotatable bonds is 16. The molecule has 0 aromatic heterocycles. The van der Waals surface area contributed by atoms with Crippen molar-refractivity contribution >= 4 is 23.8 Å². The SMILES string of the molecule is C=CCCCCC(=O)N(C(=O)CCCCC=C)C(CC(=O)OCC=C)C(=O)O. The van der Waals surface area contributed by atoms with Crippen LogP contribution >= 0.6 is 0 Å². The third-order valence-corrected chi connectivity index (χ3v) is 3.95. The van der Waals surface area contributed by atoms with Gasteiger partial charge >= 0.3 is 11.9 Å². The molecule has 0 heterocycles. The average molecular weight is 393 g/mol. The molecule has 0 radical (unpaired) electrons. The van der Waals surface area contributed by atoms with Crippen molar-refractivity contribution in [3.63, 3.8) is 0 Å². The number of nitrogens with zero attached hydrogens (tertiary/aromatic N) is 1. The Kier molecular flexibility index (Phi) is 13.9. The van der Waals surface area contributed by atoms with E-state index >= 15 is 0 Å². The molecule has 1 unspecified atom stereocenters. The minimum absolute atomic E-state index is 0.0255. The molecule has 7 nitrogen and oxygen atoms in total. The van der Waals surface area contributed by atoms with Gasteiger partial charge in [-0.15, -0.1) is 13.2 Å². The molecule has 156 valence electrons. The van der Waals surface area contributed by atoms with E-state index in [1.165, 1.54) is 6.08 Å². The molecule has 0 aromatic carbocycles. The van der Waals surface area contributed by atoms with E-state index in [0.29, 0.717) is 25.7 Å². The third kappa shape index (κ3) is 10.4. The summed E-state index contributed by atoms with van der Waals surface area (Å²) in [5.41, 5.74) is 0. The molecule has 0 saturated carbocycles. The van der Waals surface area contributed by atoms with Gasteiger partial charge in [-0.2, -0.15) is 0 Å². The van der Waals surface area contributed by atoms with Crippen LogP contribution in [-0.4, -0.2) is 46.4 Å². The first-order valence-electron chi connectivity index (χ1n) is 9.45. The summed E-state index contributed by atoms with van der Waals surface area (Å²) >= 11 is 0. The number of ether oxygens (including phenoxy) is 1. The van der Waals surface area contributed by atoms with Gasteiger partial charge in [0.05, 0.1) is 6.42 Å². The van der Waals surface area contributed by atoms with Crippen molar-refractivity contribution in [2.24, 2.45) is 0 Å². The summed E-state index contributed by atoms with van der Waals surface area (Å²) in [6, 6.07) is -1.59. The van der Waals surface area contributed by atoms with E-state index in [2.05, 4.69) is 19.7 Å². The summed E-state index contributed by atoms with van der Waals surface area (Å²) in [4.78, 5) is 49.5. The van der Waals surface area contributed by atoms with Gasteiger partial charge in [-0.25, -0.2) is 4.79 Å². The zero-order valence-electron chi connectivity index (χ0n) is 16.4. The van der Waals surface area contributed by atoms with Gasteiger partial charge in [-0.3, -0.25) is 19.3 Å². The van der Waals surface area contributed by atoms with Crippen LogP contribution in [0.25, 0.3) is 0 Å². The molecule has 2 amide bonds. The highest BCUT2D eigenvalue weighted by molar-refractivity contribution is 6.00. The highest BCUT2D eigenvalue weighted by Gasteiger charge is 2.36. The van der Waals surface area contributed by atoms with Crippen LogP contribution in [0.4, 0.5) is 0 Å². The van der Waals surface area contributed by atoms with Crippen molar-refractivity contribution in [1.29, 1.82) is 0 Å². The molecule has 0 aromatic rings. The van der Waals surface area contributed by atoms with Gasteiger partial charge in [-0.05, 0) is 38.5 Å². The molecule has 0 saturated heterocycles. The fraction of sp³-hybridized carbons (Fsp3) is 0.524. The van der Waals surface area contributed by atoms with E-state index in [1.807, 2.05) is 0 Å². The first kappa shape index (κ1) is 25.3. The van der Waals surface area contributed by atoms with E-state index in [9.17, 15) is 24.3 Å². The number of esters is 1. The quantitative estimate of drug-likeness (QED) is 0.245. The van der Waals surface area contributed by atoms with Gasteiger partial charge in [0.1, 0.15) is 12.6 Å². The lowest BCUT2D eigenvalue weighted by Gasteiger charge is -2.27. The number of carboxylic acids is 1. The van der Waals surface area contributed by atoms with E-state index in [4.69, 9.17) is 4.74 Å². The maximum atomic E-state index is 12.6. The third-order valence-electron chi connectivity index (χ3n) is 3.95. The van der Waals surface area contributed by atoms with Crippen molar-refractivity contribution in [2.75, 3.05) is 6.61 Å². The monoisotopic (exact) mass is 393 g/mol. The predicted octanol–water partition coefficient (Wildman–Crippen LogP) is 3.41. The number of carbonyl (C=O) groups excluding carboxylic acids is 3. The molecule has 0 rings (SSSR count). The van der Waals surface area contributed by atoms with Crippen molar-refractivity contribution in [2.45, 2.75) is 63.8 Å². The van der Waals surface area contributed by atoms with Crippen LogP contribution in [0.15, 0.2) is 38.0 Å². The van der Waals surface area contributed by atoms with Crippen molar-refractivity contribution in [3.05, 3.63) is 38.0 Å². The van der Waals surface area contributed by atoms with Gasteiger partial charge in [0.15, 0.2) is 0 Å². The molecule has 0 bridgehead atoms. The number of allylic oxidation sites excluding steroid dienone is 2. The summed E-state index contributed by atoms with van der Waals surface area (Å²) in [6.07, 6.45) is 8.10. The number of hydrogen-bond donors (Lipinski definition) is 1. The molecular formula is C21H31NO6. The second kappa shape index (κ2) is 15.4.